The van der Waals surface area contributed by atoms with E-state index in [9.17, 15) is 0 Å². The largest absolute Gasteiger partial charge is 0.492 e. The molecular weight excluding hydrogens is 256 g/mol. The van der Waals surface area contributed by atoms with E-state index in [0.717, 1.165) is 25.4 Å². The summed E-state index contributed by atoms with van der Waals surface area (Å²) in [6.07, 6.45) is 0.254. The van der Waals surface area contributed by atoms with Gasteiger partial charge in [0.25, 0.3) is 0 Å². The van der Waals surface area contributed by atoms with Crippen molar-refractivity contribution in [1.82, 2.24) is 4.90 Å². The lowest BCUT2D eigenvalue weighted by molar-refractivity contribution is -0.00461. The van der Waals surface area contributed by atoms with E-state index < -0.39 is 0 Å². The molecule has 2 atom stereocenters. The molecule has 0 bridgehead atoms. The van der Waals surface area contributed by atoms with E-state index in [4.69, 9.17) is 19.5 Å². The first-order valence-electron chi connectivity index (χ1n) is 6.67. The first-order valence-corrected chi connectivity index (χ1v) is 6.67. The van der Waals surface area contributed by atoms with Crippen LogP contribution < -0.4 is 4.74 Å². The normalized spacial score (nSPS) is 22.6. The summed E-state index contributed by atoms with van der Waals surface area (Å²) in [6.45, 7) is 3.12. The second-order valence-electron chi connectivity index (χ2n) is 4.80. The third-order valence-corrected chi connectivity index (χ3v) is 3.54. The highest BCUT2D eigenvalue weighted by Crippen LogP contribution is 2.16. The number of hydrogen-bond acceptors (Lipinski definition) is 5. The van der Waals surface area contributed by atoms with Crippen molar-refractivity contribution >= 4 is 0 Å². The number of methoxy groups -OCH3 is 2. The van der Waals surface area contributed by atoms with Crippen LogP contribution in [-0.2, 0) is 9.47 Å². The Labute approximate surface area is 119 Å². The Morgan fingerprint density at radius 3 is 2.55 bits per heavy atom. The molecule has 20 heavy (non-hydrogen) atoms. The topological polar surface area (TPSA) is 54.7 Å². The first-order chi connectivity index (χ1) is 9.76. The van der Waals surface area contributed by atoms with Crippen LogP contribution in [0.3, 0.4) is 0 Å². The summed E-state index contributed by atoms with van der Waals surface area (Å²) in [4.78, 5) is 2.26. The molecule has 1 fully saturated rings. The lowest BCUT2D eigenvalue weighted by Gasteiger charge is -2.15. The summed E-state index contributed by atoms with van der Waals surface area (Å²) in [5, 5.41) is 8.83. The van der Waals surface area contributed by atoms with Gasteiger partial charge in [0, 0.05) is 33.9 Å². The Kier molecular flexibility index (Phi) is 5.36. The molecular formula is C15H20N2O3. The second kappa shape index (κ2) is 7.25. The number of nitrogens with zero attached hydrogens (tertiary/aromatic N) is 2. The summed E-state index contributed by atoms with van der Waals surface area (Å²) in [5.74, 6) is 0.731. The van der Waals surface area contributed by atoms with Gasteiger partial charge in [0.05, 0.1) is 23.8 Å². The van der Waals surface area contributed by atoms with Crippen LogP contribution >= 0.6 is 0 Å². The van der Waals surface area contributed by atoms with Crippen molar-refractivity contribution in [3.63, 3.8) is 0 Å². The molecule has 1 aromatic carbocycles. The maximum absolute atomic E-state index is 8.83. The molecule has 0 radical (unpaired) electrons. The molecule has 0 unspecified atom stereocenters. The van der Waals surface area contributed by atoms with E-state index in [2.05, 4.69) is 11.0 Å². The van der Waals surface area contributed by atoms with Gasteiger partial charge in [-0.15, -0.1) is 0 Å². The van der Waals surface area contributed by atoms with Gasteiger partial charge in [-0.25, -0.2) is 0 Å². The predicted molar refractivity (Wildman–Crippen MR) is 74.7 cm³/mol. The van der Waals surface area contributed by atoms with Gasteiger partial charge < -0.3 is 14.2 Å². The van der Waals surface area contributed by atoms with E-state index in [1.54, 1.807) is 26.4 Å². The number of likely N-dealkylation sites (tertiary alicyclic amines) is 1. The Hall–Kier alpha value is -1.61. The SMILES string of the molecule is CO[C@@H]1CN(CCOc2cccc(C#N)c2)C[C@H]1OC. The van der Waals surface area contributed by atoms with Crippen LogP contribution in [0, 0.1) is 11.3 Å². The molecule has 1 heterocycles. The number of ether oxygens (including phenoxy) is 3. The van der Waals surface area contributed by atoms with Crippen LogP contribution in [0.4, 0.5) is 0 Å². The maximum Gasteiger partial charge on any atom is 0.120 e. The van der Waals surface area contributed by atoms with Gasteiger partial charge in [-0.3, -0.25) is 4.90 Å². The van der Waals surface area contributed by atoms with Gasteiger partial charge in [0.1, 0.15) is 12.4 Å². The number of benzene rings is 1. The smallest absolute Gasteiger partial charge is 0.120 e. The quantitative estimate of drug-likeness (QED) is 0.783. The van der Waals surface area contributed by atoms with Crippen molar-refractivity contribution in [2.75, 3.05) is 40.5 Å². The van der Waals surface area contributed by atoms with Crippen molar-refractivity contribution in [2.45, 2.75) is 12.2 Å². The van der Waals surface area contributed by atoms with E-state index >= 15 is 0 Å². The lowest BCUT2D eigenvalue weighted by atomic mass is 10.2. The highest BCUT2D eigenvalue weighted by Gasteiger charge is 2.32. The average Bonchev–Trinajstić information content (AvgIpc) is 2.90. The zero-order valence-electron chi connectivity index (χ0n) is 11.9. The molecule has 1 aliphatic heterocycles. The Morgan fingerprint density at radius 2 is 1.95 bits per heavy atom. The third kappa shape index (κ3) is 3.70. The summed E-state index contributed by atoms with van der Waals surface area (Å²) in [7, 11) is 3.42. The zero-order valence-corrected chi connectivity index (χ0v) is 11.9. The summed E-state index contributed by atoms with van der Waals surface area (Å²) in [5.41, 5.74) is 0.613. The van der Waals surface area contributed by atoms with Crippen LogP contribution in [0.1, 0.15) is 5.56 Å². The van der Waals surface area contributed by atoms with Crippen LogP contribution in [0.15, 0.2) is 24.3 Å². The Morgan fingerprint density at radius 1 is 1.25 bits per heavy atom. The molecule has 5 nitrogen and oxygen atoms in total. The average molecular weight is 276 g/mol. The minimum atomic E-state index is 0.127. The van der Waals surface area contributed by atoms with E-state index in [0.29, 0.717) is 12.2 Å². The standard InChI is InChI=1S/C15H20N2O3/c1-18-14-10-17(11-15(14)19-2)6-7-20-13-5-3-4-12(8-13)9-16/h3-5,8,14-15H,6-7,10-11H2,1-2H3/t14-,15-/m1/s1. The van der Waals surface area contributed by atoms with Crippen molar-refractivity contribution in [3.8, 4) is 11.8 Å². The molecule has 0 saturated carbocycles. The van der Waals surface area contributed by atoms with E-state index in [1.165, 1.54) is 0 Å². The molecule has 2 rings (SSSR count). The maximum atomic E-state index is 8.83. The zero-order chi connectivity index (χ0) is 14.4. The highest BCUT2D eigenvalue weighted by atomic mass is 16.5. The predicted octanol–water partition coefficient (Wildman–Crippen LogP) is 1.28. The summed E-state index contributed by atoms with van der Waals surface area (Å²) >= 11 is 0. The van der Waals surface area contributed by atoms with Gasteiger partial charge in [-0.2, -0.15) is 5.26 Å². The van der Waals surface area contributed by atoms with Crippen molar-refractivity contribution in [3.05, 3.63) is 29.8 Å². The molecule has 0 amide bonds. The molecule has 1 aromatic rings. The van der Waals surface area contributed by atoms with Crippen LogP contribution in [0.25, 0.3) is 0 Å². The van der Waals surface area contributed by atoms with Gasteiger partial charge in [0.15, 0.2) is 0 Å². The summed E-state index contributed by atoms with van der Waals surface area (Å²) < 4.78 is 16.5. The molecule has 108 valence electrons. The monoisotopic (exact) mass is 276 g/mol. The van der Waals surface area contributed by atoms with E-state index in [-0.39, 0.29) is 12.2 Å². The molecule has 5 heteroatoms. The van der Waals surface area contributed by atoms with Gasteiger partial charge in [0.2, 0.25) is 0 Å². The fourth-order valence-electron chi connectivity index (χ4n) is 2.40. The molecule has 0 aliphatic carbocycles. The van der Waals surface area contributed by atoms with Crippen LogP contribution in [0.5, 0.6) is 5.75 Å². The Bertz CT molecular complexity index is 460. The van der Waals surface area contributed by atoms with Crippen LogP contribution in [0.2, 0.25) is 0 Å². The fraction of sp³-hybridized carbons (Fsp3) is 0.533. The third-order valence-electron chi connectivity index (χ3n) is 3.54. The molecule has 0 N–H and O–H groups in total. The van der Waals surface area contributed by atoms with Gasteiger partial charge in [-0.1, -0.05) is 6.07 Å². The Balaban J connectivity index is 1.78. The highest BCUT2D eigenvalue weighted by molar-refractivity contribution is 5.36. The van der Waals surface area contributed by atoms with Crippen molar-refractivity contribution in [2.24, 2.45) is 0 Å². The van der Waals surface area contributed by atoms with Crippen LogP contribution in [-0.4, -0.2) is 57.6 Å². The lowest BCUT2D eigenvalue weighted by Crippen LogP contribution is -2.27. The minimum Gasteiger partial charge on any atom is -0.492 e. The number of hydrogen-bond donors (Lipinski definition) is 0. The van der Waals surface area contributed by atoms with Gasteiger partial charge >= 0.3 is 0 Å². The molecule has 1 aliphatic rings. The van der Waals surface area contributed by atoms with Crippen molar-refractivity contribution < 1.29 is 14.2 Å². The fourth-order valence-corrected chi connectivity index (χ4v) is 2.40. The number of nitriles is 1. The summed E-state index contributed by atoms with van der Waals surface area (Å²) in [6, 6.07) is 9.30. The molecule has 1 saturated heterocycles. The molecule has 0 aromatic heterocycles. The number of rotatable bonds is 6. The first kappa shape index (κ1) is 14.8. The van der Waals surface area contributed by atoms with E-state index in [1.807, 2.05) is 12.1 Å². The van der Waals surface area contributed by atoms with Crippen molar-refractivity contribution in [1.29, 1.82) is 5.26 Å². The minimum absolute atomic E-state index is 0.127. The molecule has 0 spiro atoms. The second-order valence-corrected chi connectivity index (χ2v) is 4.80. The van der Waals surface area contributed by atoms with Gasteiger partial charge in [-0.05, 0) is 18.2 Å².